The summed E-state index contributed by atoms with van der Waals surface area (Å²) in [6.45, 7) is 1.18. The second-order valence-corrected chi connectivity index (χ2v) is 7.94. The third-order valence-electron chi connectivity index (χ3n) is 4.54. The van der Waals surface area contributed by atoms with E-state index in [-0.39, 0.29) is 6.04 Å². The van der Waals surface area contributed by atoms with Crippen molar-refractivity contribution in [1.82, 2.24) is 4.72 Å². The smallest absolute Gasteiger partial charge is 0.217 e. The van der Waals surface area contributed by atoms with Crippen molar-refractivity contribution in [2.45, 2.75) is 43.1 Å². The minimum atomic E-state index is -3.44. The summed E-state index contributed by atoms with van der Waals surface area (Å²) in [5.74, 6) is 0. The molecule has 0 radical (unpaired) electrons. The van der Waals surface area contributed by atoms with Gasteiger partial charge in [-0.15, -0.1) is 0 Å². The van der Waals surface area contributed by atoms with E-state index in [0.29, 0.717) is 13.0 Å². The molecule has 0 amide bonds. The molecular formula is C16H23NO4S. The zero-order valence-corrected chi connectivity index (χ0v) is 13.6. The van der Waals surface area contributed by atoms with Crippen molar-refractivity contribution in [3.8, 4) is 0 Å². The molecule has 1 aliphatic heterocycles. The number of aryl methyl sites for hydroxylation is 1. The number of sulfonamides is 1. The molecule has 1 aliphatic carbocycles. The molecule has 1 aromatic carbocycles. The SMILES string of the molecule is COC1c2ccccc2CCC1S(=O)(=O)N[C@@H]1CCCOC1. The van der Waals surface area contributed by atoms with Gasteiger partial charge in [0.2, 0.25) is 10.0 Å². The standard InChI is InChI=1S/C16H23NO4S/c1-20-16-14-7-3-2-5-12(14)8-9-15(16)22(18,19)17-13-6-4-10-21-11-13/h2-3,5,7,13,15-17H,4,6,8-11H2,1H3/t13-,15?,16?/m1/s1. The number of hydrogen-bond donors (Lipinski definition) is 1. The first-order valence-corrected chi connectivity index (χ1v) is 9.36. The fourth-order valence-corrected chi connectivity index (χ4v) is 5.28. The van der Waals surface area contributed by atoms with Gasteiger partial charge in [-0.3, -0.25) is 0 Å². The van der Waals surface area contributed by atoms with Crippen LogP contribution in [0.3, 0.4) is 0 Å². The van der Waals surface area contributed by atoms with Gasteiger partial charge in [-0.2, -0.15) is 0 Å². The fraction of sp³-hybridized carbons (Fsp3) is 0.625. The molecule has 22 heavy (non-hydrogen) atoms. The average Bonchev–Trinajstić information content (AvgIpc) is 2.54. The summed E-state index contributed by atoms with van der Waals surface area (Å²) in [5.41, 5.74) is 2.17. The van der Waals surface area contributed by atoms with Gasteiger partial charge in [0, 0.05) is 19.8 Å². The number of benzene rings is 1. The Balaban J connectivity index is 1.81. The Bertz CT molecular complexity index is 610. The van der Waals surface area contributed by atoms with Crippen LogP contribution in [0.5, 0.6) is 0 Å². The van der Waals surface area contributed by atoms with Gasteiger partial charge < -0.3 is 9.47 Å². The summed E-state index contributed by atoms with van der Waals surface area (Å²) >= 11 is 0. The van der Waals surface area contributed by atoms with Gasteiger partial charge in [-0.25, -0.2) is 13.1 Å². The third-order valence-corrected chi connectivity index (χ3v) is 6.48. The molecule has 5 nitrogen and oxygen atoms in total. The summed E-state index contributed by atoms with van der Waals surface area (Å²) in [4.78, 5) is 0. The van der Waals surface area contributed by atoms with Crippen molar-refractivity contribution in [2.24, 2.45) is 0 Å². The zero-order chi connectivity index (χ0) is 15.6. The summed E-state index contributed by atoms with van der Waals surface area (Å²) in [6, 6.07) is 7.82. The Morgan fingerprint density at radius 2 is 2.09 bits per heavy atom. The van der Waals surface area contributed by atoms with Crippen molar-refractivity contribution in [3.63, 3.8) is 0 Å². The molecule has 122 valence electrons. The molecule has 1 fully saturated rings. The number of rotatable bonds is 4. The molecule has 2 aliphatic rings. The maximum Gasteiger partial charge on any atom is 0.217 e. The molecule has 1 saturated heterocycles. The van der Waals surface area contributed by atoms with Gasteiger partial charge in [-0.1, -0.05) is 24.3 Å². The van der Waals surface area contributed by atoms with Gasteiger partial charge in [0.1, 0.15) is 11.4 Å². The van der Waals surface area contributed by atoms with Crippen LogP contribution < -0.4 is 4.72 Å². The highest BCUT2D eigenvalue weighted by molar-refractivity contribution is 7.90. The van der Waals surface area contributed by atoms with Gasteiger partial charge in [0.25, 0.3) is 0 Å². The van der Waals surface area contributed by atoms with E-state index in [1.165, 1.54) is 5.56 Å². The number of ether oxygens (including phenoxy) is 2. The largest absolute Gasteiger partial charge is 0.380 e. The zero-order valence-electron chi connectivity index (χ0n) is 12.8. The third kappa shape index (κ3) is 3.20. The Kier molecular flexibility index (Phi) is 4.82. The highest BCUT2D eigenvalue weighted by Crippen LogP contribution is 2.36. The maximum absolute atomic E-state index is 12.8. The maximum atomic E-state index is 12.8. The van der Waals surface area contributed by atoms with Crippen LogP contribution >= 0.6 is 0 Å². The molecule has 3 atom stereocenters. The molecule has 6 heteroatoms. The van der Waals surface area contributed by atoms with Crippen LogP contribution in [-0.2, 0) is 25.9 Å². The highest BCUT2D eigenvalue weighted by Gasteiger charge is 2.39. The molecule has 1 aromatic rings. The quantitative estimate of drug-likeness (QED) is 0.916. The van der Waals surface area contributed by atoms with Crippen molar-refractivity contribution >= 4 is 10.0 Å². The number of nitrogens with one attached hydrogen (secondary N) is 1. The van der Waals surface area contributed by atoms with E-state index in [9.17, 15) is 8.42 Å². The lowest BCUT2D eigenvalue weighted by Gasteiger charge is -2.34. The topological polar surface area (TPSA) is 64.6 Å². The summed E-state index contributed by atoms with van der Waals surface area (Å²) in [6.07, 6.45) is 2.67. The number of methoxy groups -OCH3 is 1. The van der Waals surface area contributed by atoms with E-state index in [1.54, 1.807) is 7.11 Å². The van der Waals surface area contributed by atoms with Gasteiger partial charge in [0.15, 0.2) is 0 Å². The van der Waals surface area contributed by atoms with E-state index >= 15 is 0 Å². The van der Waals surface area contributed by atoms with E-state index in [0.717, 1.165) is 31.4 Å². The molecule has 2 unspecified atom stereocenters. The van der Waals surface area contributed by atoms with Crippen molar-refractivity contribution in [1.29, 1.82) is 0 Å². The molecule has 1 N–H and O–H groups in total. The van der Waals surface area contributed by atoms with Crippen molar-refractivity contribution in [2.75, 3.05) is 20.3 Å². The number of fused-ring (bicyclic) bond motifs is 1. The van der Waals surface area contributed by atoms with Gasteiger partial charge in [0.05, 0.1) is 6.61 Å². The molecule has 0 saturated carbocycles. The van der Waals surface area contributed by atoms with Crippen LogP contribution in [0.25, 0.3) is 0 Å². The van der Waals surface area contributed by atoms with Crippen molar-refractivity contribution < 1.29 is 17.9 Å². The van der Waals surface area contributed by atoms with Crippen LogP contribution in [0.4, 0.5) is 0 Å². The first-order valence-electron chi connectivity index (χ1n) is 7.81. The Morgan fingerprint density at radius 3 is 2.82 bits per heavy atom. The first-order chi connectivity index (χ1) is 10.6. The number of hydrogen-bond acceptors (Lipinski definition) is 4. The lowest BCUT2D eigenvalue weighted by molar-refractivity contribution is 0.0751. The molecule has 3 rings (SSSR count). The summed E-state index contributed by atoms with van der Waals surface area (Å²) in [7, 11) is -1.86. The van der Waals surface area contributed by atoms with E-state index in [4.69, 9.17) is 9.47 Å². The van der Waals surface area contributed by atoms with Crippen LogP contribution in [0, 0.1) is 0 Å². The Morgan fingerprint density at radius 1 is 1.27 bits per heavy atom. The molecule has 0 bridgehead atoms. The molecule has 0 spiro atoms. The lowest BCUT2D eigenvalue weighted by Crippen LogP contribution is -2.47. The van der Waals surface area contributed by atoms with Crippen molar-refractivity contribution in [3.05, 3.63) is 35.4 Å². The Labute approximate surface area is 132 Å². The second kappa shape index (κ2) is 6.66. The van der Waals surface area contributed by atoms with Crippen LogP contribution in [0.2, 0.25) is 0 Å². The Hall–Kier alpha value is -0.950. The highest BCUT2D eigenvalue weighted by atomic mass is 32.2. The fourth-order valence-electron chi connectivity index (χ4n) is 3.44. The minimum Gasteiger partial charge on any atom is -0.380 e. The van der Waals surface area contributed by atoms with E-state index in [2.05, 4.69) is 4.72 Å². The normalized spacial score (nSPS) is 29.0. The van der Waals surface area contributed by atoms with Gasteiger partial charge in [-0.05, 0) is 36.8 Å². The average molecular weight is 325 g/mol. The van der Waals surface area contributed by atoms with E-state index in [1.807, 2.05) is 24.3 Å². The van der Waals surface area contributed by atoms with Gasteiger partial charge >= 0.3 is 0 Å². The predicted molar refractivity (Wildman–Crippen MR) is 84.2 cm³/mol. The van der Waals surface area contributed by atoms with E-state index < -0.39 is 21.4 Å². The molecule has 0 aromatic heterocycles. The molecular weight excluding hydrogens is 302 g/mol. The second-order valence-electron chi connectivity index (χ2n) is 6.01. The monoisotopic (exact) mass is 325 g/mol. The minimum absolute atomic E-state index is 0.117. The van der Waals surface area contributed by atoms with Crippen LogP contribution in [0.15, 0.2) is 24.3 Å². The first kappa shape index (κ1) is 15.9. The van der Waals surface area contributed by atoms with Crippen LogP contribution in [0.1, 0.15) is 36.5 Å². The predicted octanol–water partition coefficient (Wildman–Crippen LogP) is 1.79. The van der Waals surface area contributed by atoms with Crippen LogP contribution in [-0.4, -0.2) is 40.0 Å². The lowest BCUT2D eigenvalue weighted by atomic mass is 9.89. The molecule has 1 heterocycles. The summed E-state index contributed by atoms with van der Waals surface area (Å²) < 4.78 is 39.3. The summed E-state index contributed by atoms with van der Waals surface area (Å²) in [5, 5.41) is -0.547.